The molecule has 2 aromatic rings. The van der Waals surface area contributed by atoms with Gasteiger partial charge >= 0.3 is 0 Å². The molecule has 0 aliphatic carbocycles. The van der Waals surface area contributed by atoms with Crippen molar-refractivity contribution in [3.63, 3.8) is 0 Å². The van der Waals surface area contributed by atoms with E-state index in [1.54, 1.807) is 12.1 Å². The van der Waals surface area contributed by atoms with Crippen LogP contribution in [0.3, 0.4) is 0 Å². The van der Waals surface area contributed by atoms with Gasteiger partial charge in [-0.15, -0.1) is 0 Å². The summed E-state index contributed by atoms with van der Waals surface area (Å²) in [7, 11) is 1.41. The number of carbonyl (C=O) groups is 1. The second kappa shape index (κ2) is 8.77. The number of nitro benzene ring substituents is 1. The van der Waals surface area contributed by atoms with Crippen molar-refractivity contribution in [1.29, 1.82) is 0 Å². The molecule has 1 unspecified atom stereocenters. The number of methoxy groups -OCH3 is 1. The van der Waals surface area contributed by atoms with Crippen molar-refractivity contribution in [3.8, 4) is 5.75 Å². The second-order valence-corrected chi connectivity index (χ2v) is 6.43. The van der Waals surface area contributed by atoms with Crippen LogP contribution in [0.4, 0.5) is 15.8 Å². The van der Waals surface area contributed by atoms with E-state index < -0.39 is 4.92 Å². The fourth-order valence-corrected chi connectivity index (χ4v) is 3.25. The predicted molar refractivity (Wildman–Crippen MR) is 102 cm³/mol. The first kappa shape index (κ1) is 19.7. The number of carbonyl (C=O) groups excluding carboxylic acids is 1. The van der Waals surface area contributed by atoms with Crippen LogP contribution < -0.4 is 15.4 Å². The van der Waals surface area contributed by atoms with Gasteiger partial charge in [-0.25, -0.2) is 4.39 Å². The van der Waals surface area contributed by atoms with Crippen molar-refractivity contribution in [1.82, 2.24) is 10.2 Å². The Morgan fingerprint density at radius 3 is 2.93 bits per heavy atom. The Bertz CT molecular complexity index is 877. The fourth-order valence-electron chi connectivity index (χ4n) is 3.25. The number of nitro groups is 1. The number of anilines is 1. The predicted octanol–water partition coefficient (Wildman–Crippen LogP) is 2.33. The van der Waals surface area contributed by atoms with Crippen LogP contribution in [0.1, 0.15) is 11.6 Å². The van der Waals surface area contributed by atoms with Crippen molar-refractivity contribution in [2.24, 2.45) is 0 Å². The summed E-state index contributed by atoms with van der Waals surface area (Å²) in [4.78, 5) is 25.2. The first-order chi connectivity index (χ1) is 13.5. The lowest BCUT2D eigenvalue weighted by atomic mass is 10.0. The van der Waals surface area contributed by atoms with Crippen LogP contribution in [0.2, 0.25) is 0 Å². The number of ether oxygens (including phenoxy) is 1. The number of nitrogens with zero attached hydrogens (tertiary/aromatic N) is 2. The zero-order valence-corrected chi connectivity index (χ0v) is 15.4. The minimum Gasteiger partial charge on any atom is -0.496 e. The van der Waals surface area contributed by atoms with E-state index in [2.05, 4.69) is 10.6 Å². The van der Waals surface area contributed by atoms with E-state index in [-0.39, 0.29) is 35.7 Å². The highest BCUT2D eigenvalue weighted by atomic mass is 19.1. The maximum absolute atomic E-state index is 13.6. The lowest BCUT2D eigenvalue weighted by molar-refractivity contribution is -0.384. The maximum atomic E-state index is 13.6. The van der Waals surface area contributed by atoms with Crippen LogP contribution in [0.15, 0.2) is 42.5 Å². The number of rotatable bonds is 6. The lowest BCUT2D eigenvalue weighted by Gasteiger charge is -2.36. The molecule has 1 aliphatic rings. The molecule has 3 rings (SSSR count). The Morgan fingerprint density at radius 1 is 1.39 bits per heavy atom. The number of nitrogens with one attached hydrogen (secondary N) is 2. The Morgan fingerprint density at radius 2 is 2.21 bits per heavy atom. The number of halogens is 1. The van der Waals surface area contributed by atoms with Gasteiger partial charge in [-0.1, -0.05) is 12.1 Å². The number of piperazine rings is 1. The summed E-state index contributed by atoms with van der Waals surface area (Å²) in [6.45, 7) is 1.91. The highest BCUT2D eigenvalue weighted by Gasteiger charge is 2.26. The third-order valence-corrected chi connectivity index (χ3v) is 4.61. The molecular formula is C19H21FN4O4. The molecule has 0 bridgehead atoms. The van der Waals surface area contributed by atoms with Gasteiger partial charge in [0, 0.05) is 25.7 Å². The van der Waals surface area contributed by atoms with E-state index in [1.165, 1.54) is 31.4 Å². The zero-order valence-electron chi connectivity index (χ0n) is 15.4. The SMILES string of the molecule is COc1ccc(NC(=O)CN2CCNCC2c2cccc(F)c2)c([N+](=O)[O-])c1. The molecular weight excluding hydrogens is 367 g/mol. The summed E-state index contributed by atoms with van der Waals surface area (Å²) in [5, 5.41) is 17.1. The quantitative estimate of drug-likeness (QED) is 0.582. The number of hydrogen-bond acceptors (Lipinski definition) is 6. The van der Waals surface area contributed by atoms with E-state index in [9.17, 15) is 19.3 Å². The molecule has 1 heterocycles. The molecule has 28 heavy (non-hydrogen) atoms. The molecule has 1 fully saturated rings. The van der Waals surface area contributed by atoms with Crippen molar-refractivity contribution in [3.05, 3.63) is 64.0 Å². The molecule has 1 saturated heterocycles. The molecule has 8 nitrogen and oxygen atoms in total. The smallest absolute Gasteiger partial charge is 0.296 e. The molecule has 9 heteroatoms. The van der Waals surface area contributed by atoms with Crippen LogP contribution in [-0.2, 0) is 4.79 Å². The molecule has 0 radical (unpaired) electrons. The highest BCUT2D eigenvalue weighted by molar-refractivity contribution is 5.94. The van der Waals surface area contributed by atoms with Gasteiger partial charge in [0.25, 0.3) is 5.69 Å². The second-order valence-electron chi connectivity index (χ2n) is 6.43. The van der Waals surface area contributed by atoms with Crippen molar-refractivity contribution >= 4 is 17.3 Å². The number of benzene rings is 2. The molecule has 148 valence electrons. The minimum atomic E-state index is -0.571. The van der Waals surface area contributed by atoms with Crippen LogP contribution in [0, 0.1) is 15.9 Å². The normalized spacial score (nSPS) is 17.1. The molecule has 0 saturated carbocycles. The van der Waals surface area contributed by atoms with E-state index in [1.807, 2.05) is 11.0 Å². The summed E-state index contributed by atoms with van der Waals surface area (Å²) in [5.41, 5.74) is 0.637. The topological polar surface area (TPSA) is 96.7 Å². The van der Waals surface area contributed by atoms with Gasteiger partial charge in [0.15, 0.2) is 0 Å². The summed E-state index contributed by atoms with van der Waals surface area (Å²) < 4.78 is 18.6. The summed E-state index contributed by atoms with van der Waals surface area (Å²) in [5.74, 6) is -0.379. The maximum Gasteiger partial charge on any atom is 0.296 e. The fraction of sp³-hybridized carbons (Fsp3) is 0.316. The highest BCUT2D eigenvalue weighted by Crippen LogP contribution is 2.29. The van der Waals surface area contributed by atoms with Crippen molar-refractivity contribution in [2.75, 3.05) is 38.6 Å². The third-order valence-electron chi connectivity index (χ3n) is 4.61. The summed E-state index contributed by atoms with van der Waals surface area (Å²) in [6, 6.07) is 10.4. The van der Waals surface area contributed by atoms with Crippen molar-refractivity contribution < 1.29 is 18.8 Å². The molecule has 0 aromatic heterocycles. The van der Waals surface area contributed by atoms with Gasteiger partial charge in [0.2, 0.25) is 5.91 Å². The van der Waals surface area contributed by atoms with Gasteiger partial charge in [0.05, 0.1) is 24.6 Å². The number of amides is 1. The molecule has 2 N–H and O–H groups in total. The average molecular weight is 388 g/mol. The van der Waals surface area contributed by atoms with Crippen LogP contribution in [0.25, 0.3) is 0 Å². The largest absolute Gasteiger partial charge is 0.496 e. The van der Waals surface area contributed by atoms with Gasteiger partial charge in [-0.2, -0.15) is 0 Å². The first-order valence-corrected chi connectivity index (χ1v) is 8.80. The van der Waals surface area contributed by atoms with E-state index in [4.69, 9.17) is 4.74 Å². The van der Waals surface area contributed by atoms with E-state index in [0.717, 1.165) is 5.56 Å². The van der Waals surface area contributed by atoms with Gasteiger partial charge < -0.3 is 15.4 Å². The van der Waals surface area contributed by atoms with Crippen molar-refractivity contribution in [2.45, 2.75) is 6.04 Å². The average Bonchev–Trinajstić information content (AvgIpc) is 2.68. The van der Waals surface area contributed by atoms with E-state index >= 15 is 0 Å². The molecule has 1 amide bonds. The van der Waals surface area contributed by atoms with Crippen LogP contribution >= 0.6 is 0 Å². The third kappa shape index (κ3) is 4.62. The van der Waals surface area contributed by atoms with Crippen LogP contribution in [0.5, 0.6) is 5.75 Å². The van der Waals surface area contributed by atoms with Crippen LogP contribution in [-0.4, -0.2) is 49.0 Å². The Labute approximate surface area is 161 Å². The van der Waals surface area contributed by atoms with Gasteiger partial charge in [-0.3, -0.25) is 19.8 Å². The monoisotopic (exact) mass is 388 g/mol. The first-order valence-electron chi connectivity index (χ1n) is 8.80. The Hall–Kier alpha value is -3.04. The van der Waals surface area contributed by atoms with E-state index in [0.29, 0.717) is 25.4 Å². The molecule has 1 aliphatic heterocycles. The molecule has 1 atom stereocenters. The van der Waals surface area contributed by atoms with Gasteiger partial charge in [-0.05, 0) is 29.8 Å². The molecule has 0 spiro atoms. The summed E-state index contributed by atoms with van der Waals surface area (Å²) in [6.07, 6.45) is 0. The summed E-state index contributed by atoms with van der Waals surface area (Å²) >= 11 is 0. The molecule has 2 aromatic carbocycles. The minimum absolute atomic E-state index is 0.0338. The Kier molecular flexibility index (Phi) is 6.17. The Balaban J connectivity index is 1.74. The standard InChI is InChI=1S/C19H21FN4O4/c1-28-15-5-6-16(17(10-15)24(26)27)22-19(25)12-23-8-7-21-11-18(23)13-3-2-4-14(20)9-13/h2-6,9-10,18,21H,7-8,11-12H2,1H3,(H,22,25). The lowest BCUT2D eigenvalue weighted by Crippen LogP contribution is -2.48. The zero-order chi connectivity index (χ0) is 20.1. The van der Waals surface area contributed by atoms with Gasteiger partial charge in [0.1, 0.15) is 17.3 Å². The number of hydrogen-bond donors (Lipinski definition) is 2.